The molecule has 136 valence electrons. The Bertz CT molecular complexity index is 571. The van der Waals surface area contributed by atoms with Crippen molar-refractivity contribution in [1.82, 2.24) is 15.6 Å². The number of carbonyl (C=O) groups excluding carboxylic acids is 3. The Labute approximate surface area is 148 Å². The molecule has 0 saturated heterocycles. The van der Waals surface area contributed by atoms with Crippen LogP contribution in [0.25, 0.3) is 0 Å². The van der Waals surface area contributed by atoms with Crippen molar-refractivity contribution >= 4 is 23.5 Å². The highest BCUT2D eigenvalue weighted by atomic mass is 16.2. The average Bonchev–Trinajstić information content (AvgIpc) is 2.62. The van der Waals surface area contributed by atoms with Gasteiger partial charge in [0.1, 0.15) is 5.82 Å². The molecule has 1 aromatic heterocycles. The van der Waals surface area contributed by atoms with Crippen LogP contribution in [0.2, 0.25) is 0 Å². The first-order valence-electron chi connectivity index (χ1n) is 8.88. The van der Waals surface area contributed by atoms with E-state index in [9.17, 15) is 14.4 Å². The van der Waals surface area contributed by atoms with Crippen molar-refractivity contribution < 1.29 is 14.4 Å². The minimum Gasteiger partial charge on any atom is -0.354 e. The highest BCUT2D eigenvalue weighted by molar-refractivity contribution is 5.90. The van der Waals surface area contributed by atoms with E-state index in [0.29, 0.717) is 18.2 Å². The molecule has 7 heteroatoms. The fourth-order valence-electron chi connectivity index (χ4n) is 2.92. The molecule has 1 aliphatic rings. The third-order valence-electron chi connectivity index (χ3n) is 4.25. The first-order valence-corrected chi connectivity index (χ1v) is 8.88. The molecule has 1 fully saturated rings. The largest absolute Gasteiger partial charge is 0.354 e. The maximum absolute atomic E-state index is 11.8. The number of aromatic nitrogens is 1. The zero-order chi connectivity index (χ0) is 17.9. The summed E-state index contributed by atoms with van der Waals surface area (Å²) in [6.45, 7) is 0.170. The molecule has 7 nitrogen and oxygen atoms in total. The van der Waals surface area contributed by atoms with Crippen LogP contribution in [0.3, 0.4) is 0 Å². The van der Waals surface area contributed by atoms with E-state index in [1.54, 1.807) is 24.4 Å². The molecule has 0 aliphatic heterocycles. The van der Waals surface area contributed by atoms with Gasteiger partial charge in [-0.25, -0.2) is 4.98 Å². The predicted molar refractivity (Wildman–Crippen MR) is 94.7 cm³/mol. The molecule has 25 heavy (non-hydrogen) atoms. The second-order valence-corrected chi connectivity index (χ2v) is 6.35. The zero-order valence-electron chi connectivity index (χ0n) is 14.4. The van der Waals surface area contributed by atoms with Crippen LogP contribution in [0.5, 0.6) is 0 Å². The number of nitrogens with zero attached hydrogens (tertiary/aromatic N) is 1. The van der Waals surface area contributed by atoms with Gasteiger partial charge in [0.15, 0.2) is 0 Å². The van der Waals surface area contributed by atoms with E-state index < -0.39 is 0 Å². The quantitative estimate of drug-likeness (QED) is 0.666. The van der Waals surface area contributed by atoms with Gasteiger partial charge in [-0.2, -0.15) is 0 Å². The fraction of sp³-hybridized carbons (Fsp3) is 0.556. The Morgan fingerprint density at radius 1 is 1.00 bits per heavy atom. The monoisotopic (exact) mass is 346 g/mol. The van der Waals surface area contributed by atoms with Crippen LogP contribution >= 0.6 is 0 Å². The molecule has 3 amide bonds. The number of hydrogen-bond acceptors (Lipinski definition) is 4. The lowest BCUT2D eigenvalue weighted by molar-refractivity contribution is -0.127. The molecular weight excluding hydrogens is 320 g/mol. The Morgan fingerprint density at radius 2 is 1.80 bits per heavy atom. The van der Waals surface area contributed by atoms with E-state index in [4.69, 9.17) is 0 Å². The van der Waals surface area contributed by atoms with Gasteiger partial charge in [0, 0.05) is 25.6 Å². The van der Waals surface area contributed by atoms with E-state index in [-0.39, 0.29) is 37.2 Å². The first kappa shape index (κ1) is 18.9. The van der Waals surface area contributed by atoms with E-state index in [0.717, 1.165) is 12.8 Å². The highest BCUT2D eigenvalue weighted by Gasteiger charge is 2.17. The van der Waals surface area contributed by atoms with Crippen LogP contribution in [0.15, 0.2) is 24.4 Å². The van der Waals surface area contributed by atoms with E-state index >= 15 is 0 Å². The standard InChI is InChI=1S/C18H26N4O3/c23-16(22-15-8-4-5-10-19-15)9-11-20-18(25)13-21-17(24)12-14-6-2-1-3-7-14/h4-5,8,10,14H,1-3,6-7,9,11-13H2,(H,20,25)(H,21,24)(H,19,22,23). The van der Waals surface area contributed by atoms with Gasteiger partial charge in [-0.3, -0.25) is 14.4 Å². The van der Waals surface area contributed by atoms with Gasteiger partial charge >= 0.3 is 0 Å². The van der Waals surface area contributed by atoms with Crippen LogP contribution in [0.1, 0.15) is 44.9 Å². The highest BCUT2D eigenvalue weighted by Crippen LogP contribution is 2.25. The smallest absolute Gasteiger partial charge is 0.239 e. The number of rotatable bonds is 8. The molecule has 0 atom stereocenters. The SMILES string of the molecule is O=C(CNC(=O)CC1CCCCC1)NCCC(=O)Nc1ccccn1. The molecule has 2 rings (SSSR count). The second kappa shape index (κ2) is 10.4. The molecule has 1 saturated carbocycles. The van der Waals surface area contributed by atoms with E-state index in [2.05, 4.69) is 20.9 Å². The fourth-order valence-corrected chi connectivity index (χ4v) is 2.92. The summed E-state index contributed by atoms with van der Waals surface area (Å²) in [5.74, 6) is 0.346. The number of anilines is 1. The summed E-state index contributed by atoms with van der Waals surface area (Å²) < 4.78 is 0. The number of pyridine rings is 1. The van der Waals surface area contributed by atoms with Crippen LogP contribution in [0.4, 0.5) is 5.82 Å². The van der Waals surface area contributed by atoms with Gasteiger partial charge in [-0.15, -0.1) is 0 Å². The second-order valence-electron chi connectivity index (χ2n) is 6.35. The molecule has 0 aromatic carbocycles. The summed E-state index contributed by atoms with van der Waals surface area (Å²) in [4.78, 5) is 39.2. The number of carbonyl (C=O) groups is 3. The van der Waals surface area contributed by atoms with Crippen molar-refractivity contribution in [3.05, 3.63) is 24.4 Å². The Morgan fingerprint density at radius 3 is 2.52 bits per heavy atom. The molecule has 3 N–H and O–H groups in total. The van der Waals surface area contributed by atoms with Gasteiger partial charge < -0.3 is 16.0 Å². The predicted octanol–water partition coefficient (Wildman–Crippen LogP) is 1.61. The number of hydrogen-bond donors (Lipinski definition) is 3. The Hall–Kier alpha value is -2.44. The van der Waals surface area contributed by atoms with Gasteiger partial charge in [-0.1, -0.05) is 25.3 Å². The minimum atomic E-state index is -0.289. The van der Waals surface area contributed by atoms with Crippen LogP contribution in [0, 0.1) is 5.92 Å². The van der Waals surface area contributed by atoms with E-state index in [1.165, 1.54) is 19.3 Å². The molecule has 0 unspecified atom stereocenters. The maximum Gasteiger partial charge on any atom is 0.239 e. The van der Waals surface area contributed by atoms with Crippen molar-refractivity contribution in [2.45, 2.75) is 44.9 Å². The molecule has 1 aromatic rings. The number of amides is 3. The maximum atomic E-state index is 11.8. The third-order valence-corrected chi connectivity index (χ3v) is 4.25. The topological polar surface area (TPSA) is 100 Å². The van der Waals surface area contributed by atoms with Crippen molar-refractivity contribution in [3.63, 3.8) is 0 Å². The van der Waals surface area contributed by atoms with Crippen LogP contribution in [-0.2, 0) is 14.4 Å². The summed E-state index contributed by atoms with van der Waals surface area (Å²) in [5, 5.41) is 7.91. The molecule has 1 aliphatic carbocycles. The van der Waals surface area contributed by atoms with Crippen molar-refractivity contribution in [3.8, 4) is 0 Å². The Kier molecular flexibility index (Phi) is 7.88. The third kappa shape index (κ3) is 7.78. The first-order chi connectivity index (χ1) is 12.1. The summed E-state index contributed by atoms with van der Waals surface area (Å²) in [7, 11) is 0. The van der Waals surface area contributed by atoms with Gasteiger partial charge in [0.2, 0.25) is 17.7 Å². The molecule has 0 radical (unpaired) electrons. The number of nitrogens with one attached hydrogen (secondary N) is 3. The molecule has 0 bridgehead atoms. The summed E-state index contributed by atoms with van der Waals surface area (Å²) in [6.07, 6.45) is 8.09. The van der Waals surface area contributed by atoms with E-state index in [1.807, 2.05) is 0 Å². The minimum absolute atomic E-state index is 0.0482. The van der Waals surface area contributed by atoms with Crippen LogP contribution in [-0.4, -0.2) is 35.8 Å². The lowest BCUT2D eigenvalue weighted by Gasteiger charge is -2.20. The summed E-state index contributed by atoms with van der Waals surface area (Å²) in [5.41, 5.74) is 0. The lowest BCUT2D eigenvalue weighted by Crippen LogP contribution is -2.38. The molecule has 1 heterocycles. The van der Waals surface area contributed by atoms with Gasteiger partial charge in [0.05, 0.1) is 6.54 Å². The van der Waals surface area contributed by atoms with Crippen LogP contribution < -0.4 is 16.0 Å². The summed E-state index contributed by atoms with van der Waals surface area (Å²) in [6, 6.07) is 5.23. The molecule has 0 spiro atoms. The zero-order valence-corrected chi connectivity index (χ0v) is 14.4. The Balaban J connectivity index is 1.54. The lowest BCUT2D eigenvalue weighted by atomic mass is 9.87. The normalized spacial score (nSPS) is 14.6. The van der Waals surface area contributed by atoms with Crippen molar-refractivity contribution in [2.24, 2.45) is 5.92 Å². The van der Waals surface area contributed by atoms with Crippen molar-refractivity contribution in [1.29, 1.82) is 0 Å². The average molecular weight is 346 g/mol. The van der Waals surface area contributed by atoms with Gasteiger partial charge in [0.25, 0.3) is 0 Å². The van der Waals surface area contributed by atoms with Crippen molar-refractivity contribution in [2.75, 3.05) is 18.4 Å². The summed E-state index contributed by atoms with van der Waals surface area (Å²) >= 11 is 0. The molecular formula is C18H26N4O3. The van der Waals surface area contributed by atoms with Gasteiger partial charge in [-0.05, 0) is 30.9 Å².